The monoisotopic (exact) mass is 369 g/mol. The van der Waals surface area contributed by atoms with Crippen LogP contribution in [0.1, 0.15) is 40.3 Å². The summed E-state index contributed by atoms with van der Waals surface area (Å²) in [4.78, 5) is 0. The minimum atomic E-state index is 0.819. The topological polar surface area (TPSA) is 21.3 Å². The Hall–Kier alpha value is -3.18. The number of terminal acetylenes is 1. The zero-order valence-electron chi connectivity index (χ0n) is 17.1. The third-order valence-electron chi connectivity index (χ3n) is 5.00. The minimum absolute atomic E-state index is 0.819. The van der Waals surface area contributed by atoms with Crippen LogP contribution in [-0.2, 0) is 12.8 Å². The predicted molar refractivity (Wildman–Crippen MR) is 119 cm³/mol. The molecule has 0 saturated heterocycles. The van der Waals surface area contributed by atoms with E-state index in [1.54, 1.807) is 0 Å². The first kappa shape index (κ1) is 19.6. The molecule has 0 amide bonds. The molecule has 0 aliphatic rings. The second kappa shape index (κ2) is 8.67. The number of hydrogen-bond donors (Lipinski definition) is 1. The first-order valence-corrected chi connectivity index (χ1v) is 9.68. The van der Waals surface area contributed by atoms with Crippen LogP contribution in [-0.4, -0.2) is 7.05 Å². The fourth-order valence-electron chi connectivity index (χ4n) is 3.47. The van der Waals surface area contributed by atoms with E-state index in [9.17, 15) is 0 Å². The summed E-state index contributed by atoms with van der Waals surface area (Å²) in [6, 6.07) is 18.8. The first-order valence-electron chi connectivity index (χ1n) is 9.68. The maximum Gasteiger partial charge on any atom is 0.151 e. The summed E-state index contributed by atoms with van der Waals surface area (Å²) in [5, 5.41) is 3.35. The van der Waals surface area contributed by atoms with Crippen molar-refractivity contribution in [3.8, 4) is 23.8 Å². The maximum absolute atomic E-state index is 6.28. The number of benzene rings is 3. The molecule has 0 bridgehead atoms. The van der Waals surface area contributed by atoms with Crippen LogP contribution in [0.5, 0.6) is 11.5 Å². The Labute approximate surface area is 168 Å². The van der Waals surface area contributed by atoms with Crippen molar-refractivity contribution in [2.75, 3.05) is 12.4 Å². The molecule has 0 spiro atoms. The zero-order chi connectivity index (χ0) is 20.1. The molecule has 2 heteroatoms. The summed E-state index contributed by atoms with van der Waals surface area (Å²) in [5.41, 5.74) is 8.05. The maximum atomic E-state index is 6.28. The Bertz CT molecular complexity index is 1030. The summed E-state index contributed by atoms with van der Waals surface area (Å²) in [6.45, 7) is 6.36. The van der Waals surface area contributed by atoms with E-state index in [0.717, 1.165) is 35.6 Å². The van der Waals surface area contributed by atoms with Crippen molar-refractivity contribution in [3.63, 3.8) is 0 Å². The zero-order valence-corrected chi connectivity index (χ0v) is 17.1. The highest BCUT2D eigenvalue weighted by Gasteiger charge is 2.13. The van der Waals surface area contributed by atoms with Gasteiger partial charge in [0.1, 0.15) is 5.75 Å². The number of aryl methyl sites for hydroxylation is 3. The Morgan fingerprint density at radius 3 is 2.50 bits per heavy atom. The molecule has 0 fully saturated rings. The van der Waals surface area contributed by atoms with E-state index >= 15 is 0 Å². The van der Waals surface area contributed by atoms with Crippen molar-refractivity contribution in [2.45, 2.75) is 33.6 Å². The normalized spacial score (nSPS) is 10.4. The Kier molecular flexibility index (Phi) is 6.06. The number of rotatable bonds is 6. The van der Waals surface area contributed by atoms with Gasteiger partial charge in [0.05, 0.1) is 5.69 Å². The highest BCUT2D eigenvalue weighted by atomic mass is 16.5. The van der Waals surface area contributed by atoms with Crippen molar-refractivity contribution in [1.29, 1.82) is 0 Å². The number of hydrogen-bond acceptors (Lipinski definition) is 2. The molecular weight excluding hydrogens is 342 g/mol. The molecule has 1 N–H and O–H groups in total. The highest BCUT2D eigenvalue weighted by Crippen LogP contribution is 2.35. The van der Waals surface area contributed by atoms with Crippen LogP contribution in [0.4, 0.5) is 5.69 Å². The van der Waals surface area contributed by atoms with Gasteiger partial charge in [0.2, 0.25) is 0 Å². The Morgan fingerprint density at radius 1 is 1.00 bits per heavy atom. The largest absolute Gasteiger partial charge is 0.455 e. The van der Waals surface area contributed by atoms with Gasteiger partial charge in [0.25, 0.3) is 0 Å². The van der Waals surface area contributed by atoms with E-state index in [4.69, 9.17) is 11.2 Å². The minimum Gasteiger partial charge on any atom is -0.455 e. The molecular formula is C26H27NO. The van der Waals surface area contributed by atoms with Crippen molar-refractivity contribution < 1.29 is 4.74 Å². The van der Waals surface area contributed by atoms with E-state index in [2.05, 4.69) is 68.4 Å². The van der Waals surface area contributed by atoms with Crippen LogP contribution in [0.25, 0.3) is 0 Å². The Balaban J connectivity index is 1.97. The van der Waals surface area contributed by atoms with Gasteiger partial charge in [-0.1, -0.05) is 37.1 Å². The van der Waals surface area contributed by atoms with E-state index in [0.29, 0.717) is 0 Å². The van der Waals surface area contributed by atoms with Crippen molar-refractivity contribution in [1.82, 2.24) is 0 Å². The van der Waals surface area contributed by atoms with Crippen molar-refractivity contribution in [3.05, 3.63) is 88.0 Å². The molecule has 0 saturated carbocycles. The average Bonchev–Trinajstić information content (AvgIpc) is 2.69. The third kappa shape index (κ3) is 4.38. The van der Waals surface area contributed by atoms with Crippen molar-refractivity contribution in [2.24, 2.45) is 0 Å². The molecule has 28 heavy (non-hydrogen) atoms. The van der Waals surface area contributed by atoms with Gasteiger partial charge in [-0.15, -0.1) is 6.42 Å². The molecule has 0 heterocycles. The highest BCUT2D eigenvalue weighted by molar-refractivity contribution is 5.65. The lowest BCUT2D eigenvalue weighted by Gasteiger charge is -2.18. The molecule has 0 aromatic heterocycles. The van der Waals surface area contributed by atoms with E-state index in [1.807, 2.05) is 25.2 Å². The molecule has 0 aliphatic carbocycles. The van der Waals surface area contributed by atoms with Gasteiger partial charge < -0.3 is 10.1 Å². The fraction of sp³-hybridized carbons (Fsp3) is 0.231. The second-order valence-corrected chi connectivity index (χ2v) is 7.11. The summed E-state index contributed by atoms with van der Waals surface area (Å²) in [6.07, 6.45) is 7.33. The molecule has 142 valence electrons. The van der Waals surface area contributed by atoms with Crippen LogP contribution in [0.2, 0.25) is 0 Å². The van der Waals surface area contributed by atoms with Gasteiger partial charge in [-0.3, -0.25) is 0 Å². The van der Waals surface area contributed by atoms with Crippen molar-refractivity contribution >= 4 is 5.69 Å². The summed E-state index contributed by atoms with van der Waals surface area (Å²) in [5.74, 6) is 4.42. The third-order valence-corrected chi connectivity index (χ3v) is 5.00. The molecule has 0 radical (unpaired) electrons. The lowest BCUT2D eigenvalue weighted by molar-refractivity contribution is 0.483. The van der Waals surface area contributed by atoms with Gasteiger partial charge in [-0.05, 0) is 84.8 Å². The van der Waals surface area contributed by atoms with E-state index in [1.165, 1.54) is 27.8 Å². The summed E-state index contributed by atoms with van der Waals surface area (Å²) < 4.78 is 6.28. The van der Waals surface area contributed by atoms with Crippen LogP contribution in [0, 0.1) is 26.2 Å². The first-order chi connectivity index (χ1) is 13.5. The van der Waals surface area contributed by atoms with E-state index < -0.39 is 0 Å². The van der Waals surface area contributed by atoms with Crippen LogP contribution >= 0.6 is 0 Å². The van der Waals surface area contributed by atoms with Crippen LogP contribution < -0.4 is 10.1 Å². The van der Waals surface area contributed by atoms with E-state index in [-0.39, 0.29) is 0 Å². The second-order valence-electron chi connectivity index (χ2n) is 7.11. The summed E-state index contributed by atoms with van der Waals surface area (Å²) in [7, 11) is 1.94. The van der Waals surface area contributed by atoms with Gasteiger partial charge in [-0.25, -0.2) is 0 Å². The molecule has 0 aliphatic heterocycles. The predicted octanol–water partition coefficient (Wildman–Crippen LogP) is 6.27. The lowest BCUT2D eigenvalue weighted by Crippen LogP contribution is -2.02. The van der Waals surface area contributed by atoms with Gasteiger partial charge in [0, 0.05) is 12.6 Å². The Morgan fingerprint density at radius 2 is 1.82 bits per heavy atom. The molecule has 2 nitrogen and oxygen atoms in total. The molecule has 3 aromatic carbocycles. The number of anilines is 1. The summed E-state index contributed by atoms with van der Waals surface area (Å²) >= 11 is 0. The molecule has 3 rings (SSSR count). The fourth-order valence-corrected chi connectivity index (χ4v) is 3.47. The molecule has 0 unspecified atom stereocenters. The average molecular weight is 370 g/mol. The molecule has 0 atom stereocenters. The van der Waals surface area contributed by atoms with Gasteiger partial charge >= 0.3 is 0 Å². The number of ether oxygens (including phenoxy) is 1. The number of nitrogens with one attached hydrogen (secondary N) is 1. The smallest absolute Gasteiger partial charge is 0.151 e. The van der Waals surface area contributed by atoms with Gasteiger partial charge in [-0.2, -0.15) is 0 Å². The SMILES string of the molecule is C#Cc1ccc(Cc2cc(C)cc(Oc3cccc(CC)c3)c2NC)c(C)c1. The van der Waals surface area contributed by atoms with Crippen LogP contribution in [0.15, 0.2) is 54.6 Å². The quantitative estimate of drug-likeness (QED) is 0.517. The molecule has 3 aromatic rings. The standard InChI is InChI=1S/C26H27NO/c1-6-20-9-8-10-24(16-20)28-25-14-18(3)13-23(26(25)27-5)17-22-12-11-21(7-2)15-19(22)4/h2,8-16,27H,6,17H2,1,3-5H3. The van der Waals surface area contributed by atoms with Crippen LogP contribution in [0.3, 0.4) is 0 Å². The van der Waals surface area contributed by atoms with Gasteiger partial charge in [0.15, 0.2) is 5.75 Å². The lowest BCUT2D eigenvalue weighted by atomic mass is 9.96.